The highest BCUT2D eigenvalue weighted by Crippen LogP contribution is 2.19. The minimum absolute atomic E-state index is 0.551. The van der Waals surface area contributed by atoms with Gasteiger partial charge in [0.1, 0.15) is 0 Å². The fourth-order valence-electron chi connectivity index (χ4n) is 2.30. The zero-order valence-corrected chi connectivity index (χ0v) is 11.0. The van der Waals surface area contributed by atoms with Crippen molar-refractivity contribution in [1.29, 1.82) is 0 Å². The molecule has 3 rings (SSSR count). The van der Waals surface area contributed by atoms with Crippen LogP contribution in [0, 0.1) is 6.92 Å². The van der Waals surface area contributed by atoms with Gasteiger partial charge in [-0.1, -0.05) is 12.1 Å². The summed E-state index contributed by atoms with van der Waals surface area (Å²) in [5, 5.41) is 11.3. The van der Waals surface area contributed by atoms with Gasteiger partial charge in [-0.05, 0) is 37.5 Å². The number of aromatic nitrogens is 3. The number of aryl methyl sites for hydroxylation is 1. The SMILES string of the molecule is Cc1cccc(Nc2nncc(N3CCCC3)n2)c1. The Morgan fingerprint density at radius 2 is 2.05 bits per heavy atom. The lowest BCUT2D eigenvalue weighted by molar-refractivity contribution is 0.890. The van der Waals surface area contributed by atoms with Crippen LogP contribution < -0.4 is 10.2 Å². The van der Waals surface area contributed by atoms with Crippen LogP contribution in [0.4, 0.5) is 17.5 Å². The van der Waals surface area contributed by atoms with Crippen molar-refractivity contribution in [2.75, 3.05) is 23.3 Å². The van der Waals surface area contributed by atoms with E-state index in [1.165, 1.54) is 18.4 Å². The van der Waals surface area contributed by atoms with Crippen molar-refractivity contribution in [3.8, 4) is 0 Å². The van der Waals surface area contributed by atoms with Gasteiger partial charge in [0.15, 0.2) is 5.82 Å². The Morgan fingerprint density at radius 3 is 2.84 bits per heavy atom. The van der Waals surface area contributed by atoms with E-state index in [2.05, 4.69) is 44.5 Å². The van der Waals surface area contributed by atoms with Crippen molar-refractivity contribution in [2.45, 2.75) is 19.8 Å². The minimum Gasteiger partial charge on any atom is -0.355 e. The molecule has 0 atom stereocenters. The Balaban J connectivity index is 1.79. The molecular weight excluding hydrogens is 238 g/mol. The van der Waals surface area contributed by atoms with Gasteiger partial charge in [-0.3, -0.25) is 0 Å². The first-order chi connectivity index (χ1) is 9.31. The summed E-state index contributed by atoms with van der Waals surface area (Å²) in [5.41, 5.74) is 2.19. The molecular formula is C14H17N5. The zero-order chi connectivity index (χ0) is 13.1. The zero-order valence-electron chi connectivity index (χ0n) is 11.0. The number of rotatable bonds is 3. The van der Waals surface area contributed by atoms with E-state index in [4.69, 9.17) is 0 Å². The lowest BCUT2D eigenvalue weighted by atomic mass is 10.2. The first-order valence-electron chi connectivity index (χ1n) is 6.60. The van der Waals surface area contributed by atoms with Crippen LogP contribution >= 0.6 is 0 Å². The highest BCUT2D eigenvalue weighted by Gasteiger charge is 2.14. The molecule has 0 bridgehead atoms. The monoisotopic (exact) mass is 255 g/mol. The van der Waals surface area contributed by atoms with E-state index in [-0.39, 0.29) is 0 Å². The molecule has 5 nitrogen and oxygen atoms in total. The third-order valence-corrected chi connectivity index (χ3v) is 3.25. The molecule has 1 aliphatic heterocycles. The van der Waals surface area contributed by atoms with Crippen LogP contribution in [0.3, 0.4) is 0 Å². The van der Waals surface area contributed by atoms with E-state index in [0.29, 0.717) is 5.95 Å². The van der Waals surface area contributed by atoms with E-state index < -0.39 is 0 Å². The number of nitrogens with one attached hydrogen (secondary N) is 1. The summed E-state index contributed by atoms with van der Waals surface area (Å²) in [7, 11) is 0. The summed E-state index contributed by atoms with van der Waals surface area (Å²) >= 11 is 0. The predicted octanol–water partition coefficient (Wildman–Crippen LogP) is 2.52. The smallest absolute Gasteiger partial charge is 0.249 e. The number of nitrogens with zero attached hydrogens (tertiary/aromatic N) is 4. The predicted molar refractivity (Wildman–Crippen MR) is 75.7 cm³/mol. The normalized spacial score (nSPS) is 14.7. The first kappa shape index (κ1) is 11.9. The molecule has 98 valence electrons. The molecule has 0 radical (unpaired) electrons. The van der Waals surface area contributed by atoms with Gasteiger partial charge in [-0.2, -0.15) is 10.1 Å². The van der Waals surface area contributed by atoms with Crippen LogP contribution in [0.1, 0.15) is 18.4 Å². The van der Waals surface area contributed by atoms with E-state index in [0.717, 1.165) is 24.6 Å². The second kappa shape index (κ2) is 5.22. The Morgan fingerprint density at radius 1 is 1.21 bits per heavy atom. The maximum Gasteiger partial charge on any atom is 0.249 e. The van der Waals surface area contributed by atoms with E-state index >= 15 is 0 Å². The molecule has 1 saturated heterocycles. The third-order valence-electron chi connectivity index (χ3n) is 3.25. The van der Waals surface area contributed by atoms with Crippen molar-refractivity contribution in [2.24, 2.45) is 0 Å². The lowest BCUT2D eigenvalue weighted by Crippen LogP contribution is -2.19. The fraction of sp³-hybridized carbons (Fsp3) is 0.357. The summed E-state index contributed by atoms with van der Waals surface area (Å²) in [5.74, 6) is 1.46. The quantitative estimate of drug-likeness (QED) is 0.913. The third kappa shape index (κ3) is 2.81. The average molecular weight is 255 g/mol. The van der Waals surface area contributed by atoms with Gasteiger partial charge in [0.2, 0.25) is 5.95 Å². The largest absolute Gasteiger partial charge is 0.355 e. The Labute approximate surface area is 112 Å². The highest BCUT2D eigenvalue weighted by molar-refractivity contribution is 5.55. The number of benzene rings is 1. The Hall–Kier alpha value is -2.17. The summed E-state index contributed by atoms with van der Waals surface area (Å²) in [6.45, 7) is 4.18. The summed E-state index contributed by atoms with van der Waals surface area (Å²) in [6, 6.07) is 8.13. The van der Waals surface area contributed by atoms with E-state index in [1.807, 2.05) is 12.1 Å². The molecule has 1 aromatic carbocycles. The Bertz CT molecular complexity index is 563. The van der Waals surface area contributed by atoms with Gasteiger partial charge in [-0.25, -0.2) is 0 Å². The van der Waals surface area contributed by atoms with Crippen molar-refractivity contribution < 1.29 is 0 Å². The number of hydrogen-bond donors (Lipinski definition) is 1. The molecule has 19 heavy (non-hydrogen) atoms. The molecule has 0 unspecified atom stereocenters. The second-order valence-electron chi connectivity index (χ2n) is 4.83. The second-order valence-corrected chi connectivity index (χ2v) is 4.83. The van der Waals surface area contributed by atoms with Crippen LogP contribution in [0.15, 0.2) is 30.5 Å². The summed E-state index contributed by atoms with van der Waals surface area (Å²) in [6.07, 6.45) is 4.18. The van der Waals surface area contributed by atoms with Crippen molar-refractivity contribution in [3.05, 3.63) is 36.0 Å². The summed E-state index contributed by atoms with van der Waals surface area (Å²) < 4.78 is 0. The standard InChI is InChI=1S/C14H17N5/c1-11-5-4-6-12(9-11)16-14-17-13(10-15-18-14)19-7-2-3-8-19/h4-6,9-10H,2-3,7-8H2,1H3,(H,16,17,18). The molecule has 1 aromatic heterocycles. The van der Waals surface area contributed by atoms with Crippen molar-refractivity contribution in [1.82, 2.24) is 15.2 Å². The molecule has 0 spiro atoms. The molecule has 0 amide bonds. The number of anilines is 3. The maximum absolute atomic E-state index is 4.52. The molecule has 1 N–H and O–H groups in total. The molecule has 0 aliphatic carbocycles. The van der Waals surface area contributed by atoms with Gasteiger partial charge in [0.05, 0.1) is 6.20 Å². The van der Waals surface area contributed by atoms with Crippen LogP contribution in [-0.4, -0.2) is 28.3 Å². The first-order valence-corrected chi connectivity index (χ1v) is 6.60. The van der Waals surface area contributed by atoms with Crippen LogP contribution in [-0.2, 0) is 0 Å². The molecule has 2 aromatic rings. The van der Waals surface area contributed by atoms with Crippen LogP contribution in [0.2, 0.25) is 0 Å². The van der Waals surface area contributed by atoms with E-state index in [9.17, 15) is 0 Å². The minimum atomic E-state index is 0.551. The van der Waals surface area contributed by atoms with Gasteiger partial charge < -0.3 is 10.2 Å². The highest BCUT2D eigenvalue weighted by atomic mass is 15.3. The van der Waals surface area contributed by atoms with Gasteiger partial charge in [-0.15, -0.1) is 5.10 Å². The van der Waals surface area contributed by atoms with Crippen molar-refractivity contribution in [3.63, 3.8) is 0 Å². The van der Waals surface area contributed by atoms with Gasteiger partial charge in [0.25, 0.3) is 0 Å². The molecule has 1 aliphatic rings. The maximum atomic E-state index is 4.52. The molecule has 0 saturated carbocycles. The summed E-state index contributed by atoms with van der Waals surface area (Å²) in [4.78, 5) is 6.77. The van der Waals surface area contributed by atoms with E-state index in [1.54, 1.807) is 6.20 Å². The van der Waals surface area contributed by atoms with Crippen molar-refractivity contribution >= 4 is 17.5 Å². The topological polar surface area (TPSA) is 53.9 Å². The van der Waals surface area contributed by atoms with Gasteiger partial charge in [0, 0.05) is 18.8 Å². The number of hydrogen-bond acceptors (Lipinski definition) is 5. The molecule has 1 fully saturated rings. The lowest BCUT2D eigenvalue weighted by Gasteiger charge is -2.15. The fourth-order valence-corrected chi connectivity index (χ4v) is 2.30. The van der Waals surface area contributed by atoms with Crippen LogP contribution in [0.5, 0.6) is 0 Å². The molecule has 2 heterocycles. The van der Waals surface area contributed by atoms with Gasteiger partial charge >= 0.3 is 0 Å². The molecule has 5 heteroatoms. The average Bonchev–Trinajstić information content (AvgIpc) is 2.93. The van der Waals surface area contributed by atoms with Crippen LogP contribution in [0.25, 0.3) is 0 Å². The Kier molecular flexibility index (Phi) is 3.27.